The molecule has 0 saturated heterocycles. The van der Waals surface area contributed by atoms with Gasteiger partial charge in [-0.1, -0.05) is 18.2 Å². The van der Waals surface area contributed by atoms with E-state index in [1.807, 2.05) is 13.0 Å². The van der Waals surface area contributed by atoms with Gasteiger partial charge in [0.25, 0.3) is 5.91 Å². The molecule has 0 spiro atoms. The van der Waals surface area contributed by atoms with Crippen LogP contribution >= 0.6 is 0 Å². The van der Waals surface area contributed by atoms with E-state index < -0.39 is 12.1 Å². The maximum Gasteiger partial charge on any atom is 0.335 e. The summed E-state index contributed by atoms with van der Waals surface area (Å²) in [6, 6.07) is 10.6. The number of hydrogen-bond acceptors (Lipinski definition) is 3. The number of hydrogen-bond donors (Lipinski definition) is 1. The van der Waals surface area contributed by atoms with Gasteiger partial charge in [-0.3, -0.25) is 4.79 Å². The molecule has 1 amide bonds. The number of benzene rings is 2. The summed E-state index contributed by atoms with van der Waals surface area (Å²) in [6.07, 6.45) is 0.0805. The molecule has 130 valence electrons. The summed E-state index contributed by atoms with van der Waals surface area (Å²) in [4.78, 5) is 25.2. The summed E-state index contributed by atoms with van der Waals surface area (Å²) in [5.41, 5.74) is 4.53. The Hall–Kier alpha value is -2.82. The van der Waals surface area contributed by atoms with E-state index in [4.69, 9.17) is 9.84 Å². The second-order valence-corrected chi connectivity index (χ2v) is 6.55. The van der Waals surface area contributed by atoms with Crippen molar-refractivity contribution in [3.63, 3.8) is 0 Å². The fourth-order valence-electron chi connectivity index (χ4n) is 3.00. The van der Waals surface area contributed by atoms with Crippen molar-refractivity contribution in [1.29, 1.82) is 0 Å². The van der Waals surface area contributed by atoms with Crippen molar-refractivity contribution in [3.05, 3.63) is 64.2 Å². The predicted octanol–water partition coefficient (Wildman–Crippen LogP) is 2.96. The predicted molar refractivity (Wildman–Crippen MR) is 93.9 cm³/mol. The van der Waals surface area contributed by atoms with E-state index in [0.29, 0.717) is 13.0 Å². The molecule has 2 aromatic rings. The lowest BCUT2D eigenvalue weighted by Crippen LogP contribution is -2.38. The highest BCUT2D eigenvalue weighted by Crippen LogP contribution is 2.32. The summed E-state index contributed by atoms with van der Waals surface area (Å²) >= 11 is 0. The number of carboxylic acids is 1. The maximum absolute atomic E-state index is 12.7. The SMILES string of the molecule is Cc1cc2c(cc1C)OC(C(=O)N(C)Cc1ccc(C(=O)O)cc1)C2. The van der Waals surface area contributed by atoms with E-state index in [9.17, 15) is 9.59 Å². The number of amides is 1. The molecule has 0 aliphatic carbocycles. The van der Waals surface area contributed by atoms with Gasteiger partial charge in [0.05, 0.1) is 5.56 Å². The van der Waals surface area contributed by atoms with E-state index >= 15 is 0 Å². The molecule has 0 bridgehead atoms. The summed E-state index contributed by atoms with van der Waals surface area (Å²) in [5, 5.41) is 8.93. The molecule has 0 fully saturated rings. The molecule has 0 saturated carbocycles. The van der Waals surface area contributed by atoms with Gasteiger partial charge >= 0.3 is 5.97 Å². The Morgan fingerprint density at radius 1 is 1.16 bits per heavy atom. The number of rotatable bonds is 4. The van der Waals surface area contributed by atoms with Gasteiger partial charge in [0, 0.05) is 20.0 Å². The lowest BCUT2D eigenvalue weighted by Gasteiger charge is -2.21. The normalized spacial score (nSPS) is 15.4. The van der Waals surface area contributed by atoms with E-state index in [2.05, 4.69) is 13.0 Å². The number of aryl methyl sites for hydroxylation is 2. The lowest BCUT2D eigenvalue weighted by molar-refractivity contribution is -0.137. The van der Waals surface area contributed by atoms with Crippen LogP contribution in [0, 0.1) is 13.8 Å². The second kappa shape index (κ2) is 6.59. The number of carbonyl (C=O) groups excluding carboxylic acids is 1. The van der Waals surface area contributed by atoms with Crippen molar-refractivity contribution in [2.75, 3.05) is 7.05 Å². The molecule has 5 heteroatoms. The van der Waals surface area contributed by atoms with Crippen LogP contribution in [0.2, 0.25) is 0 Å². The van der Waals surface area contributed by atoms with E-state index in [0.717, 1.165) is 22.4 Å². The number of fused-ring (bicyclic) bond motifs is 1. The van der Waals surface area contributed by atoms with E-state index in [1.54, 1.807) is 36.2 Å². The van der Waals surface area contributed by atoms with Gasteiger partial charge in [-0.15, -0.1) is 0 Å². The first-order chi connectivity index (χ1) is 11.8. The van der Waals surface area contributed by atoms with Gasteiger partial charge in [-0.25, -0.2) is 4.79 Å². The third-order valence-corrected chi connectivity index (χ3v) is 4.62. The monoisotopic (exact) mass is 339 g/mol. The molecule has 1 unspecified atom stereocenters. The minimum Gasteiger partial charge on any atom is -0.480 e. The van der Waals surface area contributed by atoms with Gasteiger partial charge in [0.15, 0.2) is 6.10 Å². The Kier molecular flexibility index (Phi) is 4.49. The first kappa shape index (κ1) is 17.0. The molecule has 2 aromatic carbocycles. The van der Waals surface area contributed by atoms with Crippen molar-refractivity contribution in [1.82, 2.24) is 4.90 Å². The van der Waals surface area contributed by atoms with Crippen LogP contribution in [0.25, 0.3) is 0 Å². The number of carboxylic acid groups (broad SMARTS) is 1. The van der Waals surface area contributed by atoms with E-state index in [-0.39, 0.29) is 11.5 Å². The third kappa shape index (κ3) is 3.50. The van der Waals surface area contributed by atoms with Gasteiger partial charge in [0.1, 0.15) is 5.75 Å². The first-order valence-corrected chi connectivity index (χ1v) is 8.19. The van der Waals surface area contributed by atoms with Crippen molar-refractivity contribution < 1.29 is 19.4 Å². The van der Waals surface area contributed by atoms with Crippen LogP contribution in [0.5, 0.6) is 5.75 Å². The average molecular weight is 339 g/mol. The molecular weight excluding hydrogens is 318 g/mol. The van der Waals surface area contributed by atoms with Crippen LogP contribution < -0.4 is 4.74 Å². The number of likely N-dealkylation sites (N-methyl/N-ethyl adjacent to an activating group) is 1. The Bertz CT molecular complexity index is 795. The molecular formula is C20H21NO4. The van der Waals surface area contributed by atoms with Gasteiger partial charge in [0.2, 0.25) is 0 Å². The Labute approximate surface area is 146 Å². The second-order valence-electron chi connectivity index (χ2n) is 6.55. The summed E-state index contributed by atoms with van der Waals surface area (Å²) in [6.45, 7) is 4.49. The quantitative estimate of drug-likeness (QED) is 0.930. The largest absolute Gasteiger partial charge is 0.480 e. The number of nitrogens with zero attached hydrogens (tertiary/aromatic N) is 1. The average Bonchev–Trinajstić information content (AvgIpc) is 2.97. The molecule has 1 heterocycles. The molecule has 1 aliphatic rings. The molecule has 1 N–H and O–H groups in total. The van der Waals surface area contributed by atoms with Crippen LogP contribution in [0.4, 0.5) is 0 Å². The fraction of sp³-hybridized carbons (Fsp3) is 0.300. The van der Waals surface area contributed by atoms with Crippen LogP contribution in [0.3, 0.4) is 0 Å². The third-order valence-electron chi connectivity index (χ3n) is 4.62. The highest BCUT2D eigenvalue weighted by molar-refractivity contribution is 5.87. The molecule has 0 aromatic heterocycles. The number of aromatic carboxylic acids is 1. The molecule has 25 heavy (non-hydrogen) atoms. The number of ether oxygens (including phenoxy) is 1. The molecule has 1 aliphatic heterocycles. The van der Waals surface area contributed by atoms with Crippen LogP contribution in [-0.2, 0) is 17.8 Å². The Balaban J connectivity index is 1.66. The van der Waals surface area contributed by atoms with Gasteiger partial charge in [-0.05, 0) is 54.3 Å². The zero-order chi connectivity index (χ0) is 18.1. The lowest BCUT2D eigenvalue weighted by atomic mass is 10.0. The van der Waals surface area contributed by atoms with Crippen molar-refractivity contribution in [3.8, 4) is 5.75 Å². The zero-order valence-corrected chi connectivity index (χ0v) is 14.6. The van der Waals surface area contributed by atoms with Crippen molar-refractivity contribution in [2.45, 2.75) is 32.9 Å². The maximum atomic E-state index is 12.7. The molecule has 5 nitrogen and oxygen atoms in total. The standard InChI is InChI=1S/C20H21NO4/c1-12-8-16-10-18(25-17(16)9-13(12)2)19(22)21(3)11-14-4-6-15(7-5-14)20(23)24/h4-9,18H,10-11H2,1-3H3,(H,23,24). The molecule has 3 rings (SSSR count). The summed E-state index contributed by atoms with van der Waals surface area (Å²) in [5.74, 6) is -0.242. The van der Waals surface area contributed by atoms with Crippen LogP contribution in [-0.4, -0.2) is 35.0 Å². The van der Waals surface area contributed by atoms with Crippen molar-refractivity contribution >= 4 is 11.9 Å². The van der Waals surface area contributed by atoms with Gasteiger partial charge < -0.3 is 14.7 Å². The van der Waals surface area contributed by atoms with Gasteiger partial charge in [-0.2, -0.15) is 0 Å². The first-order valence-electron chi connectivity index (χ1n) is 8.19. The molecule has 1 atom stereocenters. The minimum absolute atomic E-state index is 0.0752. The van der Waals surface area contributed by atoms with E-state index in [1.165, 1.54) is 5.56 Å². The highest BCUT2D eigenvalue weighted by Gasteiger charge is 2.31. The minimum atomic E-state index is -0.960. The summed E-state index contributed by atoms with van der Waals surface area (Å²) < 4.78 is 5.85. The van der Waals surface area contributed by atoms with Crippen LogP contribution in [0.15, 0.2) is 36.4 Å². The molecule has 0 radical (unpaired) electrons. The van der Waals surface area contributed by atoms with Crippen LogP contribution in [0.1, 0.15) is 32.6 Å². The smallest absolute Gasteiger partial charge is 0.335 e. The topological polar surface area (TPSA) is 66.8 Å². The fourth-order valence-corrected chi connectivity index (χ4v) is 3.00. The summed E-state index contributed by atoms with van der Waals surface area (Å²) in [7, 11) is 1.73. The zero-order valence-electron chi connectivity index (χ0n) is 14.6. The van der Waals surface area contributed by atoms with Crippen molar-refractivity contribution in [2.24, 2.45) is 0 Å². The highest BCUT2D eigenvalue weighted by atomic mass is 16.5. The Morgan fingerprint density at radius 3 is 2.44 bits per heavy atom. The Morgan fingerprint density at radius 2 is 1.80 bits per heavy atom. The number of carbonyl (C=O) groups is 2.